The number of sulfonamides is 1. The first-order valence-electron chi connectivity index (χ1n) is 7.11. The third-order valence-electron chi connectivity index (χ3n) is 3.53. The Bertz CT molecular complexity index is 551. The highest BCUT2D eigenvalue weighted by molar-refractivity contribution is 7.89. The van der Waals surface area contributed by atoms with Crippen LogP contribution in [0, 0.1) is 5.41 Å². The van der Waals surface area contributed by atoms with Crippen LogP contribution < -0.4 is 10.6 Å². The molecule has 6 heteroatoms. The Morgan fingerprint density at radius 1 is 1.14 bits per heavy atom. The summed E-state index contributed by atoms with van der Waals surface area (Å²) in [4.78, 5) is 2.52. The van der Waals surface area contributed by atoms with Gasteiger partial charge < -0.3 is 10.6 Å². The van der Waals surface area contributed by atoms with Crippen LogP contribution in [0.5, 0.6) is 0 Å². The Labute approximate surface area is 128 Å². The molecule has 0 unspecified atom stereocenters. The lowest BCUT2D eigenvalue weighted by atomic mass is 9.93. The topological polar surface area (TPSA) is 66.6 Å². The van der Waals surface area contributed by atoms with E-state index in [1.807, 2.05) is 12.1 Å². The Balaban J connectivity index is 3.00. The molecular weight excluding hydrogens is 286 g/mol. The van der Waals surface area contributed by atoms with Gasteiger partial charge in [0.25, 0.3) is 0 Å². The minimum atomic E-state index is -3.37. The van der Waals surface area contributed by atoms with Crippen molar-refractivity contribution in [2.45, 2.75) is 25.7 Å². The average molecular weight is 313 g/mol. The highest BCUT2D eigenvalue weighted by atomic mass is 32.2. The Morgan fingerprint density at radius 3 is 2.05 bits per heavy atom. The SMILES string of the molecule is CCN(CC(C)(C)CN)c1ccc(S(=O)(=O)N(C)C)cc1. The predicted octanol–water partition coefficient (Wildman–Crippen LogP) is 1.75. The second kappa shape index (κ2) is 6.77. The van der Waals surface area contributed by atoms with Gasteiger partial charge >= 0.3 is 0 Å². The van der Waals surface area contributed by atoms with Gasteiger partial charge in [0, 0.05) is 32.9 Å². The van der Waals surface area contributed by atoms with E-state index in [0.717, 1.165) is 18.8 Å². The highest BCUT2D eigenvalue weighted by Gasteiger charge is 2.21. The number of hydrogen-bond acceptors (Lipinski definition) is 4. The van der Waals surface area contributed by atoms with Gasteiger partial charge in [0.15, 0.2) is 0 Å². The van der Waals surface area contributed by atoms with Crippen LogP contribution in [0.25, 0.3) is 0 Å². The van der Waals surface area contributed by atoms with Gasteiger partial charge in [0.05, 0.1) is 4.90 Å². The van der Waals surface area contributed by atoms with Crippen LogP contribution in [-0.4, -0.2) is 46.5 Å². The van der Waals surface area contributed by atoms with Crippen molar-refractivity contribution in [3.05, 3.63) is 24.3 Å². The summed E-state index contributed by atoms with van der Waals surface area (Å²) in [5.74, 6) is 0. The van der Waals surface area contributed by atoms with E-state index in [1.54, 1.807) is 12.1 Å². The molecule has 0 saturated heterocycles. The zero-order valence-electron chi connectivity index (χ0n) is 13.6. The first-order valence-corrected chi connectivity index (χ1v) is 8.55. The van der Waals surface area contributed by atoms with Crippen molar-refractivity contribution in [1.29, 1.82) is 0 Å². The number of benzene rings is 1. The summed E-state index contributed by atoms with van der Waals surface area (Å²) >= 11 is 0. The standard InChI is InChI=1S/C15H27N3O2S/c1-6-18(12-15(2,3)11-16)13-7-9-14(10-8-13)21(19,20)17(4)5/h7-10H,6,11-12,16H2,1-5H3. The Hall–Kier alpha value is -1.11. The monoisotopic (exact) mass is 313 g/mol. The lowest BCUT2D eigenvalue weighted by molar-refractivity contribution is 0.380. The van der Waals surface area contributed by atoms with Gasteiger partial charge in [0.2, 0.25) is 10.0 Å². The van der Waals surface area contributed by atoms with Crippen molar-refractivity contribution in [3.8, 4) is 0 Å². The molecule has 1 rings (SSSR count). The van der Waals surface area contributed by atoms with E-state index >= 15 is 0 Å². The molecular formula is C15H27N3O2S. The van der Waals surface area contributed by atoms with Crippen molar-refractivity contribution in [2.24, 2.45) is 11.1 Å². The normalized spacial score (nSPS) is 12.7. The number of nitrogens with zero attached hydrogens (tertiary/aromatic N) is 2. The largest absolute Gasteiger partial charge is 0.371 e. The molecule has 0 aliphatic carbocycles. The molecule has 21 heavy (non-hydrogen) atoms. The minimum absolute atomic E-state index is 0.0182. The molecule has 0 bridgehead atoms. The molecule has 2 N–H and O–H groups in total. The van der Waals surface area contributed by atoms with Crippen molar-refractivity contribution in [1.82, 2.24) is 4.31 Å². The third kappa shape index (κ3) is 4.43. The summed E-state index contributed by atoms with van der Waals surface area (Å²) in [6, 6.07) is 7.02. The van der Waals surface area contributed by atoms with E-state index in [0.29, 0.717) is 11.4 Å². The van der Waals surface area contributed by atoms with E-state index in [4.69, 9.17) is 5.73 Å². The van der Waals surface area contributed by atoms with Crippen LogP contribution in [0.4, 0.5) is 5.69 Å². The van der Waals surface area contributed by atoms with Crippen molar-refractivity contribution in [2.75, 3.05) is 38.6 Å². The zero-order valence-corrected chi connectivity index (χ0v) is 14.4. The molecule has 0 saturated carbocycles. The molecule has 0 heterocycles. The van der Waals surface area contributed by atoms with Crippen LogP contribution in [-0.2, 0) is 10.0 Å². The van der Waals surface area contributed by atoms with Crippen LogP contribution >= 0.6 is 0 Å². The van der Waals surface area contributed by atoms with Gasteiger partial charge in [-0.15, -0.1) is 0 Å². The molecule has 5 nitrogen and oxygen atoms in total. The smallest absolute Gasteiger partial charge is 0.242 e. The summed E-state index contributed by atoms with van der Waals surface area (Å²) in [5.41, 5.74) is 6.82. The molecule has 0 aromatic heterocycles. The highest BCUT2D eigenvalue weighted by Crippen LogP contribution is 2.23. The average Bonchev–Trinajstić information content (AvgIpc) is 2.44. The van der Waals surface area contributed by atoms with Crippen molar-refractivity contribution in [3.63, 3.8) is 0 Å². The zero-order chi connectivity index (χ0) is 16.3. The van der Waals surface area contributed by atoms with Gasteiger partial charge in [-0.05, 0) is 43.1 Å². The van der Waals surface area contributed by atoms with Crippen molar-refractivity contribution < 1.29 is 8.42 Å². The second-order valence-corrected chi connectivity index (χ2v) is 8.32. The van der Waals surface area contributed by atoms with Gasteiger partial charge in [0.1, 0.15) is 0 Å². The molecule has 0 spiro atoms. The molecule has 0 fully saturated rings. The molecule has 0 atom stereocenters. The maximum atomic E-state index is 12.1. The van der Waals surface area contributed by atoms with Crippen LogP contribution in [0.15, 0.2) is 29.2 Å². The maximum absolute atomic E-state index is 12.1. The second-order valence-electron chi connectivity index (χ2n) is 6.16. The van der Waals surface area contributed by atoms with Gasteiger partial charge in [-0.2, -0.15) is 0 Å². The van der Waals surface area contributed by atoms with E-state index in [1.165, 1.54) is 18.4 Å². The molecule has 0 aliphatic rings. The molecule has 1 aromatic rings. The summed E-state index contributed by atoms with van der Waals surface area (Å²) < 4.78 is 25.3. The first kappa shape index (κ1) is 17.9. The molecule has 120 valence electrons. The summed E-state index contributed by atoms with van der Waals surface area (Å²) in [7, 11) is -0.305. The maximum Gasteiger partial charge on any atom is 0.242 e. The van der Waals surface area contributed by atoms with E-state index in [-0.39, 0.29) is 5.41 Å². The summed E-state index contributed by atoms with van der Waals surface area (Å²) in [6.45, 7) is 8.62. The Kier molecular flexibility index (Phi) is 5.78. The van der Waals surface area contributed by atoms with Gasteiger partial charge in [-0.1, -0.05) is 13.8 Å². The van der Waals surface area contributed by atoms with Crippen LogP contribution in [0.3, 0.4) is 0 Å². The van der Waals surface area contributed by atoms with Crippen LogP contribution in [0.1, 0.15) is 20.8 Å². The first-order chi connectivity index (χ1) is 9.64. The fraction of sp³-hybridized carbons (Fsp3) is 0.600. The van der Waals surface area contributed by atoms with Gasteiger partial charge in [-0.3, -0.25) is 0 Å². The van der Waals surface area contributed by atoms with E-state index < -0.39 is 10.0 Å². The van der Waals surface area contributed by atoms with Gasteiger partial charge in [-0.25, -0.2) is 12.7 Å². The molecule has 0 aliphatic heterocycles. The minimum Gasteiger partial charge on any atom is -0.371 e. The molecule has 1 aromatic carbocycles. The summed E-state index contributed by atoms with van der Waals surface area (Å²) in [6.07, 6.45) is 0. The predicted molar refractivity (Wildman–Crippen MR) is 88.0 cm³/mol. The quantitative estimate of drug-likeness (QED) is 0.833. The van der Waals surface area contributed by atoms with Crippen molar-refractivity contribution >= 4 is 15.7 Å². The molecule has 0 amide bonds. The fourth-order valence-corrected chi connectivity index (χ4v) is 2.91. The van der Waals surface area contributed by atoms with Crippen LogP contribution in [0.2, 0.25) is 0 Å². The lowest BCUT2D eigenvalue weighted by Crippen LogP contribution is -2.38. The lowest BCUT2D eigenvalue weighted by Gasteiger charge is -2.32. The number of nitrogens with two attached hydrogens (primary N) is 1. The molecule has 0 radical (unpaired) electrons. The summed E-state index contributed by atoms with van der Waals surface area (Å²) in [5, 5.41) is 0. The fourth-order valence-electron chi connectivity index (χ4n) is 2.01. The number of hydrogen-bond donors (Lipinski definition) is 1. The third-order valence-corrected chi connectivity index (χ3v) is 5.36. The Morgan fingerprint density at radius 2 is 1.67 bits per heavy atom. The number of rotatable bonds is 7. The van der Waals surface area contributed by atoms with E-state index in [9.17, 15) is 8.42 Å². The van der Waals surface area contributed by atoms with E-state index in [2.05, 4.69) is 25.7 Å². The number of anilines is 1.